The predicted molar refractivity (Wildman–Crippen MR) is 104 cm³/mol. The average Bonchev–Trinajstić information content (AvgIpc) is 2.68. The predicted octanol–water partition coefficient (Wildman–Crippen LogP) is 4.39. The molecule has 0 aliphatic heterocycles. The number of likely N-dealkylation sites (N-methyl/N-ethyl adjacent to an activating group) is 1. The number of hydrogen-bond acceptors (Lipinski definition) is 3. The highest BCUT2D eigenvalue weighted by Crippen LogP contribution is 2.23. The van der Waals surface area contributed by atoms with Crippen LogP contribution in [-0.2, 0) is 0 Å². The molecule has 26 heavy (non-hydrogen) atoms. The number of nitrogens with zero attached hydrogens (tertiary/aromatic N) is 1. The summed E-state index contributed by atoms with van der Waals surface area (Å²) in [4.78, 5) is 14.0. The lowest BCUT2D eigenvalue weighted by Crippen LogP contribution is -2.34. The molecule has 0 spiro atoms. The number of fused-ring (bicyclic) bond motifs is 1. The Morgan fingerprint density at radius 2 is 1.65 bits per heavy atom. The van der Waals surface area contributed by atoms with Crippen molar-refractivity contribution in [3.05, 3.63) is 66.7 Å². The molecule has 5 heteroatoms. The van der Waals surface area contributed by atoms with E-state index in [1.165, 1.54) is 0 Å². The van der Waals surface area contributed by atoms with E-state index < -0.39 is 0 Å². The topological polar surface area (TPSA) is 50.8 Å². The van der Waals surface area contributed by atoms with Crippen LogP contribution in [0.25, 0.3) is 10.8 Å². The molecule has 0 aliphatic carbocycles. The van der Waals surface area contributed by atoms with Gasteiger partial charge in [-0.15, -0.1) is 0 Å². The average molecular weight is 350 g/mol. The fourth-order valence-electron chi connectivity index (χ4n) is 2.62. The molecule has 0 saturated heterocycles. The molecule has 1 N–H and O–H groups in total. The van der Waals surface area contributed by atoms with Crippen molar-refractivity contribution in [3.8, 4) is 11.5 Å². The first-order valence-electron chi connectivity index (χ1n) is 8.44. The SMILES string of the molecule is COc1ccc(OCCN(C)C(=O)Nc2cccc3ccccc23)cc1. The van der Waals surface area contributed by atoms with Crippen LogP contribution in [0.15, 0.2) is 66.7 Å². The molecule has 3 aromatic carbocycles. The molecule has 3 aromatic rings. The third-order valence-corrected chi connectivity index (χ3v) is 4.13. The summed E-state index contributed by atoms with van der Waals surface area (Å²) in [6, 6.07) is 21.0. The van der Waals surface area contributed by atoms with Gasteiger partial charge in [-0.2, -0.15) is 0 Å². The number of urea groups is 1. The maximum Gasteiger partial charge on any atom is 0.321 e. The first-order chi connectivity index (χ1) is 12.7. The highest BCUT2D eigenvalue weighted by molar-refractivity contribution is 6.01. The van der Waals surface area contributed by atoms with Crippen LogP contribution in [0.2, 0.25) is 0 Å². The second-order valence-electron chi connectivity index (χ2n) is 5.90. The summed E-state index contributed by atoms with van der Waals surface area (Å²) >= 11 is 0. The van der Waals surface area contributed by atoms with Gasteiger partial charge < -0.3 is 19.7 Å². The van der Waals surface area contributed by atoms with E-state index in [0.717, 1.165) is 28.0 Å². The monoisotopic (exact) mass is 350 g/mol. The number of hydrogen-bond donors (Lipinski definition) is 1. The summed E-state index contributed by atoms with van der Waals surface area (Å²) in [6.45, 7) is 0.883. The first-order valence-corrected chi connectivity index (χ1v) is 8.44. The molecule has 0 unspecified atom stereocenters. The normalized spacial score (nSPS) is 10.4. The smallest absolute Gasteiger partial charge is 0.321 e. The van der Waals surface area contributed by atoms with Crippen molar-refractivity contribution in [2.75, 3.05) is 32.6 Å². The van der Waals surface area contributed by atoms with Crippen molar-refractivity contribution >= 4 is 22.5 Å². The van der Waals surface area contributed by atoms with Gasteiger partial charge in [0.05, 0.1) is 19.3 Å². The van der Waals surface area contributed by atoms with E-state index in [1.807, 2.05) is 66.7 Å². The highest BCUT2D eigenvalue weighted by atomic mass is 16.5. The molecule has 0 aromatic heterocycles. The van der Waals surface area contributed by atoms with E-state index >= 15 is 0 Å². The van der Waals surface area contributed by atoms with Gasteiger partial charge in [0, 0.05) is 12.4 Å². The molecular weight excluding hydrogens is 328 g/mol. The van der Waals surface area contributed by atoms with E-state index in [9.17, 15) is 4.79 Å². The van der Waals surface area contributed by atoms with Gasteiger partial charge in [0.2, 0.25) is 0 Å². The first kappa shape index (κ1) is 17.6. The van der Waals surface area contributed by atoms with Crippen LogP contribution >= 0.6 is 0 Å². The zero-order valence-corrected chi connectivity index (χ0v) is 14.9. The van der Waals surface area contributed by atoms with E-state index in [4.69, 9.17) is 9.47 Å². The molecule has 0 fully saturated rings. The molecule has 0 bridgehead atoms. The van der Waals surface area contributed by atoms with Gasteiger partial charge in [-0.3, -0.25) is 0 Å². The van der Waals surface area contributed by atoms with Crippen LogP contribution < -0.4 is 14.8 Å². The summed E-state index contributed by atoms with van der Waals surface area (Å²) in [5.41, 5.74) is 0.802. The van der Waals surface area contributed by atoms with Crippen molar-refractivity contribution in [2.24, 2.45) is 0 Å². The largest absolute Gasteiger partial charge is 0.497 e. The fourth-order valence-corrected chi connectivity index (χ4v) is 2.62. The van der Waals surface area contributed by atoms with Gasteiger partial charge in [0.1, 0.15) is 18.1 Å². The van der Waals surface area contributed by atoms with Crippen LogP contribution in [0.1, 0.15) is 0 Å². The standard InChI is InChI=1S/C21H22N2O3/c1-23(14-15-26-18-12-10-17(25-2)11-13-18)21(24)22-20-9-5-7-16-6-3-4-8-19(16)20/h3-13H,14-15H2,1-2H3,(H,22,24). The Kier molecular flexibility index (Phi) is 5.59. The molecule has 0 saturated carbocycles. The van der Waals surface area contributed by atoms with Crippen LogP contribution in [0.4, 0.5) is 10.5 Å². The minimum absolute atomic E-state index is 0.167. The van der Waals surface area contributed by atoms with Crippen LogP contribution in [-0.4, -0.2) is 38.2 Å². The quantitative estimate of drug-likeness (QED) is 0.717. The highest BCUT2D eigenvalue weighted by Gasteiger charge is 2.10. The third-order valence-electron chi connectivity index (χ3n) is 4.13. The van der Waals surface area contributed by atoms with E-state index in [-0.39, 0.29) is 6.03 Å². The third kappa shape index (κ3) is 4.25. The molecule has 0 heterocycles. The zero-order valence-electron chi connectivity index (χ0n) is 14.9. The molecule has 3 rings (SSSR count). The van der Waals surface area contributed by atoms with Gasteiger partial charge in [-0.05, 0) is 35.7 Å². The molecule has 0 atom stereocenters. The Balaban J connectivity index is 1.54. The van der Waals surface area contributed by atoms with Crippen molar-refractivity contribution in [2.45, 2.75) is 0 Å². The molecule has 0 aliphatic rings. The van der Waals surface area contributed by atoms with Crippen LogP contribution in [0.5, 0.6) is 11.5 Å². The Bertz CT molecular complexity index is 873. The number of anilines is 1. The Hall–Kier alpha value is -3.21. The number of amides is 2. The van der Waals surface area contributed by atoms with Gasteiger partial charge in [0.15, 0.2) is 0 Å². The number of carbonyl (C=O) groups is 1. The minimum Gasteiger partial charge on any atom is -0.497 e. The van der Waals surface area contributed by atoms with Crippen molar-refractivity contribution in [1.82, 2.24) is 4.90 Å². The van der Waals surface area contributed by atoms with Crippen LogP contribution in [0, 0.1) is 0 Å². The summed E-state index contributed by atoms with van der Waals surface area (Å²) in [5, 5.41) is 5.08. The Labute approximate surface area is 153 Å². The lowest BCUT2D eigenvalue weighted by atomic mass is 10.1. The van der Waals surface area contributed by atoms with Gasteiger partial charge in [0.25, 0.3) is 0 Å². The lowest BCUT2D eigenvalue weighted by Gasteiger charge is -2.19. The number of nitrogens with one attached hydrogen (secondary N) is 1. The Morgan fingerprint density at radius 1 is 0.962 bits per heavy atom. The molecule has 2 amide bonds. The summed E-state index contributed by atoms with van der Waals surface area (Å²) in [7, 11) is 3.37. The van der Waals surface area contributed by atoms with Gasteiger partial charge in [-0.1, -0.05) is 36.4 Å². The summed E-state index contributed by atoms with van der Waals surface area (Å²) < 4.78 is 10.8. The molecular formula is C21H22N2O3. The van der Waals surface area contributed by atoms with Gasteiger partial charge in [-0.25, -0.2) is 4.79 Å². The van der Waals surface area contributed by atoms with Crippen molar-refractivity contribution < 1.29 is 14.3 Å². The van der Waals surface area contributed by atoms with E-state index in [2.05, 4.69) is 5.32 Å². The number of carbonyl (C=O) groups excluding carboxylic acids is 1. The molecule has 5 nitrogen and oxygen atoms in total. The summed E-state index contributed by atoms with van der Waals surface area (Å²) in [5.74, 6) is 1.53. The maximum atomic E-state index is 12.4. The number of methoxy groups -OCH3 is 1. The molecule has 134 valence electrons. The van der Waals surface area contributed by atoms with Crippen LogP contribution in [0.3, 0.4) is 0 Å². The maximum absolute atomic E-state index is 12.4. The number of rotatable bonds is 6. The van der Waals surface area contributed by atoms with Gasteiger partial charge >= 0.3 is 6.03 Å². The lowest BCUT2D eigenvalue weighted by molar-refractivity contribution is 0.207. The number of benzene rings is 3. The zero-order chi connectivity index (χ0) is 18.4. The van der Waals surface area contributed by atoms with E-state index in [0.29, 0.717) is 13.2 Å². The minimum atomic E-state index is -0.167. The van der Waals surface area contributed by atoms with E-state index in [1.54, 1.807) is 19.1 Å². The molecule has 0 radical (unpaired) electrons. The summed E-state index contributed by atoms with van der Waals surface area (Å²) in [6.07, 6.45) is 0. The van der Waals surface area contributed by atoms with Crippen molar-refractivity contribution in [1.29, 1.82) is 0 Å². The van der Waals surface area contributed by atoms with Crippen molar-refractivity contribution in [3.63, 3.8) is 0 Å². The number of ether oxygens (including phenoxy) is 2. The second kappa shape index (κ2) is 8.25. The second-order valence-corrected chi connectivity index (χ2v) is 5.90. The fraction of sp³-hybridized carbons (Fsp3) is 0.190. The Morgan fingerprint density at radius 3 is 2.42 bits per heavy atom.